The van der Waals surface area contributed by atoms with E-state index in [1.807, 2.05) is 13.8 Å². The van der Waals surface area contributed by atoms with E-state index in [1.54, 1.807) is 36.7 Å². The van der Waals surface area contributed by atoms with Crippen LogP contribution in [0.1, 0.15) is 65.8 Å². The third-order valence-corrected chi connectivity index (χ3v) is 4.69. The number of hydrogen-bond donors (Lipinski definition) is 2. The first kappa shape index (κ1) is 20.9. The Labute approximate surface area is 160 Å². The molecule has 1 fully saturated rings. The molecule has 0 saturated heterocycles. The fourth-order valence-corrected chi connectivity index (χ4v) is 3.04. The average Bonchev–Trinajstić information content (AvgIpc) is 2.62. The number of anilines is 1. The first-order valence-corrected chi connectivity index (χ1v) is 9.73. The van der Waals surface area contributed by atoms with Gasteiger partial charge >= 0.3 is 0 Å². The second kappa shape index (κ2) is 9.48. The van der Waals surface area contributed by atoms with Gasteiger partial charge in [0.25, 0.3) is 5.56 Å². The van der Waals surface area contributed by atoms with Gasteiger partial charge in [0.1, 0.15) is 5.65 Å². The number of hydrogen-bond acceptors (Lipinski definition) is 5. The highest BCUT2D eigenvalue weighted by atomic mass is 16.1. The van der Waals surface area contributed by atoms with Crippen LogP contribution in [0, 0.1) is 5.92 Å². The quantitative estimate of drug-likeness (QED) is 0.856. The number of amides is 1. The van der Waals surface area contributed by atoms with Crippen LogP contribution in [-0.4, -0.2) is 26.5 Å². The Balaban J connectivity index is 0.000000380. The van der Waals surface area contributed by atoms with E-state index in [4.69, 9.17) is 5.73 Å². The van der Waals surface area contributed by atoms with E-state index < -0.39 is 0 Å². The van der Waals surface area contributed by atoms with Gasteiger partial charge in [0.15, 0.2) is 0 Å². The predicted octanol–water partition coefficient (Wildman–Crippen LogP) is 3.24. The van der Waals surface area contributed by atoms with E-state index >= 15 is 0 Å². The Morgan fingerprint density at radius 1 is 1.19 bits per heavy atom. The van der Waals surface area contributed by atoms with Crippen LogP contribution in [0.15, 0.2) is 23.1 Å². The summed E-state index contributed by atoms with van der Waals surface area (Å²) in [6, 6.07) is 3.92. The average molecular weight is 374 g/mol. The molecule has 0 spiro atoms. The monoisotopic (exact) mass is 373 g/mol. The first-order chi connectivity index (χ1) is 12.8. The van der Waals surface area contributed by atoms with E-state index in [-0.39, 0.29) is 23.4 Å². The Morgan fingerprint density at radius 3 is 2.37 bits per heavy atom. The summed E-state index contributed by atoms with van der Waals surface area (Å²) in [4.78, 5) is 31.0. The van der Waals surface area contributed by atoms with Gasteiger partial charge in [-0.1, -0.05) is 33.1 Å². The summed E-state index contributed by atoms with van der Waals surface area (Å²) >= 11 is 0. The molecule has 1 aliphatic carbocycles. The van der Waals surface area contributed by atoms with E-state index in [1.165, 1.54) is 32.1 Å². The summed E-state index contributed by atoms with van der Waals surface area (Å²) in [5.74, 6) is 0.384. The van der Waals surface area contributed by atoms with E-state index in [2.05, 4.69) is 15.3 Å². The first-order valence-electron chi connectivity index (χ1n) is 9.73. The molecular formula is C20H31N5O2. The maximum absolute atomic E-state index is 12.1. The summed E-state index contributed by atoms with van der Waals surface area (Å²) in [7, 11) is 0. The number of nitrogens with zero attached hydrogens (tertiary/aromatic N) is 3. The molecule has 3 N–H and O–H groups in total. The van der Waals surface area contributed by atoms with Crippen LogP contribution in [0.25, 0.3) is 11.0 Å². The predicted molar refractivity (Wildman–Crippen MR) is 109 cm³/mol. The zero-order chi connectivity index (χ0) is 20.0. The fourth-order valence-electron chi connectivity index (χ4n) is 3.04. The minimum Gasteiger partial charge on any atom is -0.369 e. The second-order valence-electron chi connectivity index (χ2n) is 7.64. The van der Waals surface area contributed by atoms with E-state index in [0.717, 1.165) is 5.39 Å². The number of nitrogens with two attached hydrogens (primary N) is 1. The highest BCUT2D eigenvalue weighted by Gasteiger charge is 2.15. The number of aromatic nitrogens is 3. The third kappa shape index (κ3) is 5.77. The minimum absolute atomic E-state index is 0.00926. The van der Waals surface area contributed by atoms with Crippen LogP contribution in [0.5, 0.6) is 0 Å². The lowest BCUT2D eigenvalue weighted by molar-refractivity contribution is -0.120. The highest BCUT2D eigenvalue weighted by molar-refractivity contribution is 5.75. The summed E-state index contributed by atoms with van der Waals surface area (Å²) in [5.41, 5.74) is 5.50. The molecular weight excluding hydrogens is 342 g/mol. The van der Waals surface area contributed by atoms with Gasteiger partial charge in [0.2, 0.25) is 11.9 Å². The third-order valence-electron chi connectivity index (χ3n) is 4.69. The van der Waals surface area contributed by atoms with E-state index in [9.17, 15) is 9.59 Å². The molecule has 0 radical (unpaired) electrons. The van der Waals surface area contributed by atoms with Gasteiger partial charge in [-0.2, -0.15) is 4.98 Å². The number of carbonyl (C=O) groups is 1. The van der Waals surface area contributed by atoms with Crippen molar-refractivity contribution in [2.24, 2.45) is 11.7 Å². The molecule has 0 aliphatic heterocycles. The van der Waals surface area contributed by atoms with Gasteiger partial charge in [0.05, 0.1) is 0 Å². The van der Waals surface area contributed by atoms with Crippen LogP contribution < -0.4 is 16.6 Å². The molecule has 2 aromatic heterocycles. The lowest BCUT2D eigenvalue weighted by atomic mass is 9.96. The molecule has 27 heavy (non-hydrogen) atoms. The van der Waals surface area contributed by atoms with Gasteiger partial charge in [-0.15, -0.1) is 0 Å². The summed E-state index contributed by atoms with van der Waals surface area (Å²) < 4.78 is 1.73. The molecule has 1 amide bonds. The van der Waals surface area contributed by atoms with Crippen molar-refractivity contribution in [2.75, 3.05) is 5.32 Å². The summed E-state index contributed by atoms with van der Waals surface area (Å²) in [6.07, 6.45) is 8.00. The van der Waals surface area contributed by atoms with Crippen molar-refractivity contribution in [3.63, 3.8) is 0 Å². The molecule has 2 aromatic rings. The van der Waals surface area contributed by atoms with Crippen molar-refractivity contribution >= 4 is 22.9 Å². The Hall–Kier alpha value is -2.44. The van der Waals surface area contributed by atoms with Crippen molar-refractivity contribution in [3.05, 3.63) is 28.7 Å². The largest absolute Gasteiger partial charge is 0.369 e. The molecule has 2 heterocycles. The standard InChI is InChI=1S/C16H22N4O.C4H9NO/c1-11(2)20-14(21)9-8-12-10-17-16(19-15(12)20)18-13-6-4-3-5-7-13;1-3(2)4(5)6/h8-11,13H,3-7H2,1-2H3,(H,17,18,19);3H,1-2H3,(H2,5,6). The Kier molecular flexibility index (Phi) is 7.33. The lowest BCUT2D eigenvalue weighted by Crippen LogP contribution is -2.25. The van der Waals surface area contributed by atoms with Crippen LogP contribution in [0.4, 0.5) is 5.95 Å². The molecule has 0 unspecified atom stereocenters. The molecule has 7 heteroatoms. The van der Waals surface area contributed by atoms with Crippen molar-refractivity contribution in [2.45, 2.75) is 71.9 Å². The van der Waals surface area contributed by atoms with Crippen LogP contribution in [0.3, 0.4) is 0 Å². The van der Waals surface area contributed by atoms with Crippen LogP contribution >= 0.6 is 0 Å². The molecule has 7 nitrogen and oxygen atoms in total. The number of fused-ring (bicyclic) bond motifs is 1. The van der Waals surface area contributed by atoms with Crippen molar-refractivity contribution in [3.8, 4) is 0 Å². The maximum Gasteiger partial charge on any atom is 0.252 e. The number of primary amides is 1. The van der Waals surface area contributed by atoms with Gasteiger partial charge < -0.3 is 11.1 Å². The molecule has 0 aromatic carbocycles. The summed E-state index contributed by atoms with van der Waals surface area (Å²) in [5, 5.41) is 4.32. The minimum atomic E-state index is -0.241. The number of rotatable bonds is 4. The zero-order valence-corrected chi connectivity index (χ0v) is 16.7. The number of carbonyl (C=O) groups excluding carboxylic acids is 1. The Bertz CT molecular complexity index is 823. The number of nitrogens with one attached hydrogen (secondary N) is 1. The topological polar surface area (TPSA) is 103 Å². The van der Waals surface area contributed by atoms with Crippen LogP contribution in [0.2, 0.25) is 0 Å². The van der Waals surface area contributed by atoms with Crippen LogP contribution in [-0.2, 0) is 4.79 Å². The lowest BCUT2D eigenvalue weighted by Gasteiger charge is -2.23. The molecule has 1 saturated carbocycles. The second-order valence-corrected chi connectivity index (χ2v) is 7.64. The summed E-state index contributed by atoms with van der Waals surface area (Å²) in [6.45, 7) is 7.53. The number of pyridine rings is 1. The molecule has 1 aliphatic rings. The molecule has 148 valence electrons. The zero-order valence-electron chi connectivity index (χ0n) is 16.7. The molecule has 3 rings (SSSR count). The smallest absolute Gasteiger partial charge is 0.252 e. The van der Waals surface area contributed by atoms with Crippen molar-refractivity contribution in [1.82, 2.24) is 14.5 Å². The molecule has 0 bridgehead atoms. The van der Waals surface area contributed by atoms with Gasteiger partial charge in [-0.3, -0.25) is 14.2 Å². The van der Waals surface area contributed by atoms with Crippen molar-refractivity contribution < 1.29 is 4.79 Å². The SMILES string of the molecule is CC(C)C(N)=O.CC(C)n1c(=O)ccc2cnc(NC3CCCCC3)nc21. The van der Waals surface area contributed by atoms with Gasteiger partial charge in [0, 0.05) is 35.7 Å². The van der Waals surface area contributed by atoms with Gasteiger partial charge in [-0.05, 0) is 32.8 Å². The fraction of sp³-hybridized carbons (Fsp3) is 0.600. The Morgan fingerprint density at radius 2 is 1.81 bits per heavy atom. The molecule has 0 atom stereocenters. The van der Waals surface area contributed by atoms with E-state index in [0.29, 0.717) is 17.6 Å². The van der Waals surface area contributed by atoms with Crippen molar-refractivity contribution in [1.29, 1.82) is 0 Å². The normalized spacial score (nSPS) is 14.9. The maximum atomic E-state index is 12.1. The van der Waals surface area contributed by atoms with Gasteiger partial charge in [-0.25, -0.2) is 4.98 Å². The highest BCUT2D eigenvalue weighted by Crippen LogP contribution is 2.21.